The van der Waals surface area contributed by atoms with Gasteiger partial charge >= 0.3 is 0 Å². The number of hydrogen-bond acceptors (Lipinski definition) is 2. The zero-order chi connectivity index (χ0) is 19.1. The second-order valence-corrected chi connectivity index (χ2v) is 8.82. The molecule has 28 heavy (non-hydrogen) atoms. The van der Waals surface area contributed by atoms with Crippen LogP contribution in [0.3, 0.4) is 0 Å². The SMILES string of the molecule is O=C(C1CCc2ccccc21)N1CC[C@@](O)(c2ccccc2)[C@@H]2CCCC[C@H]21. The first-order chi connectivity index (χ1) is 13.7. The van der Waals surface area contributed by atoms with Crippen LogP contribution in [0, 0.1) is 5.92 Å². The van der Waals surface area contributed by atoms with Gasteiger partial charge in [0.15, 0.2) is 0 Å². The number of benzene rings is 2. The summed E-state index contributed by atoms with van der Waals surface area (Å²) >= 11 is 0. The van der Waals surface area contributed by atoms with Gasteiger partial charge in [-0.05, 0) is 48.8 Å². The molecule has 0 spiro atoms. The molecular weight excluding hydrogens is 346 g/mol. The first-order valence-corrected chi connectivity index (χ1v) is 10.8. The molecule has 1 amide bonds. The Balaban J connectivity index is 1.44. The number of nitrogens with zero attached hydrogens (tertiary/aromatic N) is 1. The summed E-state index contributed by atoms with van der Waals surface area (Å²) in [6.45, 7) is 0.657. The van der Waals surface area contributed by atoms with Crippen LogP contribution in [0.2, 0.25) is 0 Å². The van der Waals surface area contributed by atoms with Crippen molar-refractivity contribution < 1.29 is 9.90 Å². The van der Waals surface area contributed by atoms with Crippen molar-refractivity contribution in [2.75, 3.05) is 6.54 Å². The molecule has 4 atom stereocenters. The van der Waals surface area contributed by atoms with E-state index >= 15 is 0 Å². The molecule has 2 aromatic rings. The molecule has 2 fully saturated rings. The lowest BCUT2D eigenvalue weighted by molar-refractivity contribution is -0.156. The summed E-state index contributed by atoms with van der Waals surface area (Å²) in [5.74, 6) is 0.427. The summed E-state index contributed by atoms with van der Waals surface area (Å²) in [4.78, 5) is 15.8. The van der Waals surface area contributed by atoms with Crippen molar-refractivity contribution in [3.8, 4) is 0 Å². The van der Waals surface area contributed by atoms with Crippen LogP contribution >= 0.6 is 0 Å². The molecule has 3 aliphatic rings. The van der Waals surface area contributed by atoms with Crippen LogP contribution in [0.4, 0.5) is 0 Å². The molecule has 3 heteroatoms. The van der Waals surface area contributed by atoms with Gasteiger partial charge in [-0.1, -0.05) is 67.4 Å². The fraction of sp³-hybridized carbons (Fsp3) is 0.480. The maximum Gasteiger partial charge on any atom is 0.230 e. The minimum atomic E-state index is -0.809. The van der Waals surface area contributed by atoms with Gasteiger partial charge in [-0.2, -0.15) is 0 Å². The Bertz CT molecular complexity index is 864. The number of rotatable bonds is 2. The number of likely N-dealkylation sites (tertiary alicyclic amines) is 1. The van der Waals surface area contributed by atoms with Crippen molar-refractivity contribution in [2.45, 2.75) is 62.5 Å². The largest absolute Gasteiger partial charge is 0.385 e. The molecule has 3 nitrogen and oxygen atoms in total. The highest BCUT2D eigenvalue weighted by Crippen LogP contribution is 2.48. The van der Waals surface area contributed by atoms with E-state index in [2.05, 4.69) is 41.3 Å². The molecule has 146 valence electrons. The van der Waals surface area contributed by atoms with Gasteiger partial charge in [0.2, 0.25) is 5.91 Å². The number of aryl methyl sites for hydroxylation is 1. The quantitative estimate of drug-likeness (QED) is 0.845. The van der Waals surface area contributed by atoms with Crippen molar-refractivity contribution in [1.82, 2.24) is 4.90 Å². The molecule has 1 unspecified atom stereocenters. The third-order valence-corrected chi connectivity index (χ3v) is 7.46. The Labute approximate surface area is 167 Å². The first-order valence-electron chi connectivity index (χ1n) is 10.8. The third kappa shape index (κ3) is 2.79. The summed E-state index contributed by atoms with van der Waals surface area (Å²) in [6.07, 6.45) is 6.87. The maximum atomic E-state index is 13.6. The summed E-state index contributed by atoms with van der Waals surface area (Å²) < 4.78 is 0. The average molecular weight is 376 g/mol. The lowest BCUT2D eigenvalue weighted by Crippen LogP contribution is -2.59. The van der Waals surface area contributed by atoms with Gasteiger partial charge < -0.3 is 10.0 Å². The number of piperidine rings is 1. The highest BCUT2D eigenvalue weighted by atomic mass is 16.3. The molecule has 1 saturated heterocycles. The number of hydrogen-bond donors (Lipinski definition) is 1. The monoisotopic (exact) mass is 375 g/mol. The van der Waals surface area contributed by atoms with Gasteiger partial charge in [-0.3, -0.25) is 4.79 Å². The molecular formula is C25H29NO2. The van der Waals surface area contributed by atoms with E-state index in [1.165, 1.54) is 11.1 Å². The van der Waals surface area contributed by atoms with E-state index in [1.807, 2.05) is 18.2 Å². The maximum absolute atomic E-state index is 13.6. The van der Waals surface area contributed by atoms with E-state index in [0.29, 0.717) is 13.0 Å². The molecule has 0 aromatic heterocycles. The van der Waals surface area contributed by atoms with Gasteiger partial charge in [-0.15, -0.1) is 0 Å². The van der Waals surface area contributed by atoms with Gasteiger partial charge in [0.05, 0.1) is 11.5 Å². The minimum Gasteiger partial charge on any atom is -0.385 e. The number of amides is 1. The summed E-state index contributed by atoms with van der Waals surface area (Å²) in [5, 5.41) is 11.7. The van der Waals surface area contributed by atoms with Crippen molar-refractivity contribution in [1.29, 1.82) is 0 Å². The highest BCUT2D eigenvalue weighted by Gasteiger charge is 2.51. The second-order valence-electron chi connectivity index (χ2n) is 8.82. The van der Waals surface area contributed by atoms with E-state index < -0.39 is 5.60 Å². The summed E-state index contributed by atoms with van der Waals surface area (Å²) in [5.41, 5.74) is 2.77. The predicted octanol–water partition coefficient (Wildman–Crippen LogP) is 4.40. The molecule has 1 N–H and O–H groups in total. The van der Waals surface area contributed by atoms with Gasteiger partial charge in [-0.25, -0.2) is 0 Å². The Hall–Kier alpha value is -2.13. The van der Waals surface area contributed by atoms with Crippen LogP contribution in [0.5, 0.6) is 0 Å². The topological polar surface area (TPSA) is 40.5 Å². The molecule has 0 radical (unpaired) electrons. The normalized spacial score (nSPS) is 31.9. The summed E-state index contributed by atoms with van der Waals surface area (Å²) in [6, 6.07) is 18.7. The third-order valence-electron chi connectivity index (χ3n) is 7.46. The fourth-order valence-electron chi connectivity index (χ4n) is 6.06. The molecule has 0 bridgehead atoms. The average Bonchev–Trinajstić information content (AvgIpc) is 3.19. The van der Waals surface area contributed by atoms with Crippen LogP contribution < -0.4 is 0 Å². The van der Waals surface area contributed by atoms with E-state index in [9.17, 15) is 9.90 Å². The van der Waals surface area contributed by atoms with E-state index in [4.69, 9.17) is 0 Å². The molecule has 1 aliphatic heterocycles. The van der Waals surface area contributed by atoms with Gasteiger partial charge in [0.1, 0.15) is 0 Å². The smallest absolute Gasteiger partial charge is 0.230 e. The zero-order valence-corrected chi connectivity index (χ0v) is 16.4. The lowest BCUT2D eigenvalue weighted by atomic mass is 9.66. The highest BCUT2D eigenvalue weighted by molar-refractivity contribution is 5.85. The molecule has 1 heterocycles. The van der Waals surface area contributed by atoms with Crippen LogP contribution in [0.15, 0.2) is 54.6 Å². The van der Waals surface area contributed by atoms with Crippen molar-refractivity contribution >= 4 is 5.91 Å². The Kier molecular flexibility index (Phi) is 4.51. The van der Waals surface area contributed by atoms with Crippen LogP contribution in [0.25, 0.3) is 0 Å². The fourth-order valence-corrected chi connectivity index (χ4v) is 6.06. The lowest BCUT2D eigenvalue weighted by Gasteiger charge is -2.53. The van der Waals surface area contributed by atoms with E-state index in [-0.39, 0.29) is 23.8 Å². The van der Waals surface area contributed by atoms with Crippen LogP contribution in [-0.2, 0) is 16.8 Å². The molecule has 2 aromatic carbocycles. The van der Waals surface area contributed by atoms with Crippen LogP contribution in [0.1, 0.15) is 61.1 Å². The summed E-state index contributed by atoms with van der Waals surface area (Å²) in [7, 11) is 0. The van der Waals surface area contributed by atoms with Crippen LogP contribution in [-0.4, -0.2) is 28.5 Å². The molecule has 1 saturated carbocycles. The standard InChI is InChI=1S/C25H29NO2/c27-24(21-15-14-18-8-4-5-11-20(18)21)26-17-16-25(28,19-9-2-1-3-10-19)22-12-6-7-13-23(22)26/h1-5,8-11,21-23,28H,6-7,12-17H2/t21?,22-,23-,25-/m1/s1. The first kappa shape index (κ1) is 17.9. The number of aliphatic hydroxyl groups is 1. The van der Waals surface area contributed by atoms with E-state index in [1.54, 1.807) is 0 Å². The number of fused-ring (bicyclic) bond motifs is 2. The Morgan fingerprint density at radius 2 is 1.71 bits per heavy atom. The number of carbonyl (C=O) groups is 1. The van der Waals surface area contributed by atoms with Gasteiger partial charge in [0.25, 0.3) is 0 Å². The van der Waals surface area contributed by atoms with Crippen molar-refractivity contribution in [3.63, 3.8) is 0 Å². The second kappa shape index (κ2) is 7.04. The van der Waals surface area contributed by atoms with E-state index in [0.717, 1.165) is 44.1 Å². The molecule has 5 rings (SSSR count). The zero-order valence-electron chi connectivity index (χ0n) is 16.4. The minimum absolute atomic E-state index is 0.00157. The Morgan fingerprint density at radius 3 is 2.57 bits per heavy atom. The Morgan fingerprint density at radius 1 is 0.964 bits per heavy atom. The van der Waals surface area contributed by atoms with Crippen molar-refractivity contribution in [2.24, 2.45) is 5.92 Å². The van der Waals surface area contributed by atoms with Gasteiger partial charge in [0, 0.05) is 18.5 Å². The molecule has 2 aliphatic carbocycles. The van der Waals surface area contributed by atoms with Crippen molar-refractivity contribution in [3.05, 3.63) is 71.3 Å². The predicted molar refractivity (Wildman–Crippen MR) is 110 cm³/mol. The number of carbonyl (C=O) groups excluding carboxylic acids is 1.